The van der Waals surface area contributed by atoms with Crippen LogP contribution in [0.5, 0.6) is 11.5 Å². The Kier molecular flexibility index (Phi) is 11.4. The van der Waals surface area contributed by atoms with Gasteiger partial charge in [-0.1, -0.05) is 201 Å². The van der Waals surface area contributed by atoms with E-state index in [1.807, 2.05) is 25.3 Å². The molecule has 0 saturated carbocycles. The summed E-state index contributed by atoms with van der Waals surface area (Å²) < 4.78 is 53.1. The normalized spacial score (nSPS) is 15.0. The van der Waals surface area contributed by atoms with Crippen LogP contribution in [0.15, 0.2) is 194 Å². The van der Waals surface area contributed by atoms with E-state index >= 15 is 0 Å². The van der Waals surface area contributed by atoms with Gasteiger partial charge in [0.05, 0.1) is 29.6 Å². The Balaban J connectivity index is 0.979. The summed E-state index contributed by atoms with van der Waals surface area (Å²) in [6.45, 7) is 31.3. The number of ether oxygens (including phenoxy) is 1. The molecule has 0 saturated heterocycles. The molecule has 0 radical (unpaired) electrons. The van der Waals surface area contributed by atoms with Crippen molar-refractivity contribution in [1.29, 1.82) is 0 Å². The second kappa shape index (κ2) is 19.6. The summed E-state index contributed by atoms with van der Waals surface area (Å²) in [6.07, 6.45) is 1.95. The molecule has 83 heavy (non-hydrogen) atoms. The van der Waals surface area contributed by atoms with Crippen molar-refractivity contribution in [2.45, 2.75) is 113 Å². The number of rotatable bonds is 7. The standard InChI is InChI=1S/C77H76N4OSi/c1-48-31-34-61-62-35-32-49(2)40-70(62)83(69(61)39-48)67-30-21-20-29-65(67)81(71-44-55(37-38-78-71)75(6,7)8)66-46-60(33-36-68(66)83)82-59-26-22-25-58(45-59)79-47-80(64-28-19-18-27-63(64)79)74-72(53-23-16-15-17-24-53)51(4)50(3)52(5)73(74)54-41-56(76(9,10)11)43-57(42-54)77(12,13)14/h15-46H,47H2,1-14H3/i15D,16D,17D,23D,24D. The Bertz CT molecular complexity index is 4460. The number of aromatic nitrogens is 1. The summed E-state index contributed by atoms with van der Waals surface area (Å²) in [6, 6.07) is 56.2. The Morgan fingerprint density at radius 3 is 1.65 bits per heavy atom. The van der Waals surface area contributed by atoms with Gasteiger partial charge in [0.1, 0.15) is 24.0 Å². The van der Waals surface area contributed by atoms with E-state index in [1.54, 1.807) is 0 Å². The molecule has 0 aliphatic carbocycles. The smallest absolute Gasteiger partial charge is 0.185 e. The van der Waals surface area contributed by atoms with E-state index in [2.05, 4.69) is 250 Å². The lowest BCUT2D eigenvalue weighted by Gasteiger charge is -2.43. The van der Waals surface area contributed by atoms with Gasteiger partial charge in [-0.15, -0.1) is 0 Å². The molecule has 9 aromatic carbocycles. The molecule has 0 unspecified atom stereocenters. The zero-order valence-corrected chi connectivity index (χ0v) is 51.5. The van der Waals surface area contributed by atoms with E-state index in [0.717, 1.165) is 67.8 Å². The SMILES string of the molecule is [2H]c1c([2H])c([2H])c(-c2c(C)c(C)c(C)c(-c3cc(C(C)(C)C)cc(C(C)(C)C)c3)c2N2CN(c3cccc(Oc4ccc5c(c4)N(c4cc(C(C)(C)C)ccn4)c4ccccc4[Si]54c5cc(C)ccc5-c5ccc(C)cc54)c3)c3ccccc32)c([2H])c1[2H]. The minimum absolute atomic E-state index is 0.117. The van der Waals surface area contributed by atoms with Crippen molar-refractivity contribution in [3.8, 4) is 44.9 Å². The summed E-state index contributed by atoms with van der Waals surface area (Å²) in [4.78, 5) is 12.1. The average Bonchev–Trinajstić information content (AvgIpc) is 1.43. The quantitative estimate of drug-likeness (QED) is 0.149. The third-order valence-electron chi connectivity index (χ3n) is 17.9. The van der Waals surface area contributed by atoms with Crippen LogP contribution in [0.25, 0.3) is 33.4 Å². The number of hydrogen-bond acceptors (Lipinski definition) is 5. The van der Waals surface area contributed by atoms with Crippen molar-refractivity contribution < 1.29 is 11.6 Å². The molecule has 5 nitrogen and oxygen atoms in total. The molecular weight excluding hydrogens is 1020 g/mol. The molecule has 0 fully saturated rings. The number of benzene rings is 9. The Morgan fingerprint density at radius 1 is 0.458 bits per heavy atom. The lowest BCUT2D eigenvalue weighted by Crippen LogP contribution is -2.75. The molecule has 1 spiro atoms. The molecular formula is C77H76N4OSi. The highest BCUT2D eigenvalue weighted by Crippen LogP contribution is 2.54. The molecule has 0 bridgehead atoms. The highest BCUT2D eigenvalue weighted by molar-refractivity contribution is 7.23. The predicted octanol–water partition coefficient (Wildman–Crippen LogP) is 18.0. The maximum atomic E-state index is 9.57. The maximum absolute atomic E-state index is 9.57. The van der Waals surface area contributed by atoms with Gasteiger partial charge < -0.3 is 14.5 Å². The largest absolute Gasteiger partial charge is 0.457 e. The van der Waals surface area contributed by atoms with Gasteiger partial charge in [0, 0.05) is 40.8 Å². The second-order valence-electron chi connectivity index (χ2n) is 26.4. The molecule has 6 heteroatoms. The number of hydrogen-bond donors (Lipinski definition) is 0. The lowest BCUT2D eigenvalue weighted by molar-refractivity contribution is 0.483. The molecule has 3 aliphatic rings. The van der Waals surface area contributed by atoms with Gasteiger partial charge in [-0.25, -0.2) is 4.98 Å². The summed E-state index contributed by atoms with van der Waals surface area (Å²) in [5, 5.41) is 5.41. The molecule has 0 atom stereocenters. The fourth-order valence-electron chi connectivity index (χ4n) is 13.3. The first-order valence-electron chi connectivity index (χ1n) is 31.7. The first-order valence-corrected chi connectivity index (χ1v) is 31.2. The highest BCUT2D eigenvalue weighted by atomic mass is 28.3. The predicted molar refractivity (Wildman–Crippen MR) is 354 cm³/mol. The number of anilines is 7. The average molecular weight is 1110 g/mol. The van der Waals surface area contributed by atoms with Crippen molar-refractivity contribution in [2.24, 2.45) is 0 Å². The molecule has 414 valence electrons. The minimum atomic E-state index is -2.98. The summed E-state index contributed by atoms with van der Waals surface area (Å²) in [5.41, 5.74) is 19.5. The van der Waals surface area contributed by atoms with Crippen LogP contribution in [0.1, 0.15) is 114 Å². The minimum Gasteiger partial charge on any atom is -0.457 e. The van der Waals surface area contributed by atoms with Crippen LogP contribution in [0.4, 0.5) is 39.9 Å². The van der Waals surface area contributed by atoms with Crippen molar-refractivity contribution in [1.82, 2.24) is 4.98 Å². The topological polar surface area (TPSA) is 31.8 Å². The molecule has 0 N–H and O–H groups in total. The van der Waals surface area contributed by atoms with E-state index in [0.29, 0.717) is 23.7 Å². The molecule has 10 aromatic rings. The lowest BCUT2D eigenvalue weighted by atomic mass is 9.77. The van der Waals surface area contributed by atoms with Crippen LogP contribution in [0.3, 0.4) is 0 Å². The Morgan fingerprint density at radius 2 is 1.02 bits per heavy atom. The van der Waals surface area contributed by atoms with Crippen LogP contribution < -0.4 is 40.2 Å². The van der Waals surface area contributed by atoms with Gasteiger partial charge in [0.15, 0.2) is 8.07 Å². The van der Waals surface area contributed by atoms with E-state index in [1.165, 1.54) is 59.7 Å². The van der Waals surface area contributed by atoms with E-state index in [4.69, 9.17) is 13.8 Å². The van der Waals surface area contributed by atoms with Crippen LogP contribution in [0.2, 0.25) is 0 Å². The van der Waals surface area contributed by atoms with Crippen molar-refractivity contribution in [3.63, 3.8) is 0 Å². The van der Waals surface area contributed by atoms with Crippen LogP contribution in [-0.4, -0.2) is 19.7 Å². The monoisotopic (exact) mass is 1110 g/mol. The first kappa shape index (κ1) is 48.1. The molecule has 4 heterocycles. The van der Waals surface area contributed by atoms with Crippen molar-refractivity contribution >= 4 is 68.8 Å². The van der Waals surface area contributed by atoms with Crippen LogP contribution in [-0.2, 0) is 16.2 Å². The van der Waals surface area contributed by atoms with Crippen LogP contribution >= 0.6 is 0 Å². The maximum Gasteiger partial charge on any atom is 0.185 e. The zero-order valence-electron chi connectivity index (χ0n) is 55.5. The number of aryl methyl sites for hydroxylation is 2. The third kappa shape index (κ3) is 8.82. The number of nitrogens with zero attached hydrogens (tertiary/aromatic N) is 4. The van der Waals surface area contributed by atoms with Gasteiger partial charge >= 0.3 is 0 Å². The molecule has 3 aliphatic heterocycles. The molecule has 1 aromatic heterocycles. The Hall–Kier alpha value is -8.45. The van der Waals surface area contributed by atoms with Gasteiger partial charge in [0.25, 0.3) is 0 Å². The second-order valence-corrected chi connectivity index (χ2v) is 30.0. The van der Waals surface area contributed by atoms with Gasteiger partial charge in [-0.3, -0.25) is 4.90 Å². The molecule has 13 rings (SSSR count). The Labute approximate surface area is 501 Å². The first-order chi connectivity index (χ1) is 41.7. The summed E-state index contributed by atoms with van der Waals surface area (Å²) in [7, 11) is -2.98. The van der Waals surface area contributed by atoms with Gasteiger partial charge in [0.2, 0.25) is 0 Å². The fraction of sp³-hybridized carbons (Fsp3) is 0.234. The fourth-order valence-corrected chi connectivity index (χ4v) is 19.0. The van der Waals surface area contributed by atoms with Crippen molar-refractivity contribution in [2.75, 3.05) is 21.4 Å². The van der Waals surface area contributed by atoms with Gasteiger partial charge in [-0.05, 0) is 176 Å². The number of pyridine rings is 1. The summed E-state index contributed by atoms with van der Waals surface area (Å²) in [5.74, 6) is 2.20. The van der Waals surface area contributed by atoms with E-state index in [-0.39, 0.29) is 46.0 Å². The number of para-hydroxylation sites is 3. The van der Waals surface area contributed by atoms with E-state index in [9.17, 15) is 2.74 Å². The van der Waals surface area contributed by atoms with Crippen molar-refractivity contribution in [3.05, 3.63) is 239 Å². The number of fused-ring (bicyclic) bond motifs is 10. The molecule has 0 amide bonds. The van der Waals surface area contributed by atoms with Crippen LogP contribution in [0, 0.1) is 34.6 Å². The highest BCUT2D eigenvalue weighted by Gasteiger charge is 2.54. The third-order valence-corrected chi connectivity index (χ3v) is 22.8. The zero-order chi connectivity index (χ0) is 62.4. The summed E-state index contributed by atoms with van der Waals surface area (Å²) >= 11 is 0. The van der Waals surface area contributed by atoms with E-state index < -0.39 is 14.1 Å². The van der Waals surface area contributed by atoms with Gasteiger partial charge in [-0.2, -0.15) is 0 Å².